The van der Waals surface area contributed by atoms with Gasteiger partial charge in [0, 0.05) is 6.54 Å². The number of nitrogens with one attached hydrogen (secondary N) is 1. The Hall–Kier alpha value is -1.79. The van der Waals surface area contributed by atoms with E-state index >= 15 is 0 Å². The van der Waals surface area contributed by atoms with Gasteiger partial charge in [0.15, 0.2) is 0 Å². The van der Waals surface area contributed by atoms with E-state index in [1.54, 1.807) is 0 Å². The maximum Gasteiger partial charge on any atom is 0.326 e. The number of nitrogens with zero attached hydrogens (tertiary/aromatic N) is 1. The summed E-state index contributed by atoms with van der Waals surface area (Å²) in [5.74, 6) is -1.62. The van der Waals surface area contributed by atoms with Crippen LogP contribution in [0, 0.1) is 0 Å². The van der Waals surface area contributed by atoms with E-state index in [0.717, 1.165) is 0 Å². The number of carbonyl (C=O) groups is 3. The Labute approximate surface area is 112 Å². The van der Waals surface area contributed by atoms with Crippen LogP contribution in [0.25, 0.3) is 0 Å². The van der Waals surface area contributed by atoms with Crippen LogP contribution in [-0.4, -0.2) is 54.2 Å². The molecule has 2 amide bonds. The molecule has 0 spiro atoms. The van der Waals surface area contributed by atoms with Crippen LogP contribution in [0.1, 0.15) is 33.1 Å². The highest BCUT2D eigenvalue weighted by Crippen LogP contribution is 2.00. The lowest BCUT2D eigenvalue weighted by Crippen LogP contribution is -2.49. The van der Waals surface area contributed by atoms with E-state index in [1.165, 1.54) is 12.0 Å². The number of urea groups is 1. The summed E-state index contributed by atoms with van der Waals surface area (Å²) in [5.41, 5.74) is 0. The Morgan fingerprint density at radius 2 is 1.89 bits per heavy atom. The minimum atomic E-state index is -1.08. The third-order valence-corrected chi connectivity index (χ3v) is 2.50. The van der Waals surface area contributed by atoms with E-state index in [4.69, 9.17) is 5.11 Å². The summed E-state index contributed by atoms with van der Waals surface area (Å²) in [6, 6.07) is -1.50. The van der Waals surface area contributed by atoms with Crippen LogP contribution in [-0.2, 0) is 14.3 Å². The summed E-state index contributed by atoms with van der Waals surface area (Å²) in [6.45, 7) is 3.87. The van der Waals surface area contributed by atoms with Gasteiger partial charge in [-0.05, 0) is 12.8 Å². The first kappa shape index (κ1) is 17.2. The lowest BCUT2D eigenvalue weighted by molar-refractivity contribution is -0.141. The molecule has 0 heterocycles. The van der Waals surface area contributed by atoms with E-state index in [9.17, 15) is 14.4 Å². The van der Waals surface area contributed by atoms with Crippen LogP contribution in [0.5, 0.6) is 0 Å². The minimum Gasteiger partial charge on any atom is -0.480 e. The van der Waals surface area contributed by atoms with Crippen molar-refractivity contribution in [2.24, 2.45) is 0 Å². The van der Waals surface area contributed by atoms with Crippen LogP contribution in [0.15, 0.2) is 0 Å². The smallest absolute Gasteiger partial charge is 0.326 e. The molecule has 0 saturated heterocycles. The molecule has 110 valence electrons. The number of aliphatic carboxylic acids is 1. The summed E-state index contributed by atoms with van der Waals surface area (Å²) in [4.78, 5) is 35.3. The first-order valence-electron chi connectivity index (χ1n) is 6.31. The SMILES string of the molecule is CCCC(NC(=O)N(CCC)CC(=O)OC)C(=O)O. The van der Waals surface area contributed by atoms with Crippen molar-refractivity contribution in [3.63, 3.8) is 0 Å². The molecule has 0 aliphatic rings. The fourth-order valence-corrected chi connectivity index (χ4v) is 1.53. The van der Waals surface area contributed by atoms with Gasteiger partial charge in [0.1, 0.15) is 12.6 Å². The van der Waals surface area contributed by atoms with E-state index in [0.29, 0.717) is 25.8 Å². The largest absolute Gasteiger partial charge is 0.480 e. The highest BCUT2D eigenvalue weighted by Gasteiger charge is 2.23. The summed E-state index contributed by atoms with van der Waals surface area (Å²) in [6.07, 6.45) is 1.65. The van der Waals surface area contributed by atoms with Crippen molar-refractivity contribution in [3.8, 4) is 0 Å². The zero-order valence-electron chi connectivity index (χ0n) is 11.6. The first-order chi connectivity index (χ1) is 8.96. The Morgan fingerprint density at radius 3 is 2.32 bits per heavy atom. The molecule has 0 fully saturated rings. The number of carbonyl (C=O) groups excluding carboxylic acids is 2. The van der Waals surface area contributed by atoms with E-state index in [1.807, 2.05) is 13.8 Å². The minimum absolute atomic E-state index is 0.186. The molecule has 7 heteroatoms. The van der Waals surface area contributed by atoms with Gasteiger partial charge in [-0.3, -0.25) is 4.79 Å². The number of hydrogen-bond donors (Lipinski definition) is 2. The second kappa shape index (κ2) is 9.18. The second-order valence-electron chi connectivity index (χ2n) is 4.13. The quantitative estimate of drug-likeness (QED) is 0.639. The Kier molecular flexibility index (Phi) is 8.32. The number of hydrogen-bond acceptors (Lipinski definition) is 4. The predicted octanol–water partition coefficient (Wildman–Crippen LogP) is 0.834. The Bertz CT molecular complexity index is 317. The van der Waals surface area contributed by atoms with E-state index in [-0.39, 0.29) is 6.54 Å². The number of amides is 2. The molecule has 0 aliphatic carbocycles. The van der Waals surface area contributed by atoms with E-state index < -0.39 is 24.0 Å². The van der Waals surface area contributed by atoms with Crippen molar-refractivity contribution in [2.75, 3.05) is 20.2 Å². The first-order valence-corrected chi connectivity index (χ1v) is 6.31. The van der Waals surface area contributed by atoms with Crippen LogP contribution in [0.2, 0.25) is 0 Å². The van der Waals surface area contributed by atoms with Gasteiger partial charge in [0.2, 0.25) is 0 Å². The van der Waals surface area contributed by atoms with Gasteiger partial charge in [0.25, 0.3) is 0 Å². The molecule has 7 nitrogen and oxygen atoms in total. The molecule has 0 aromatic rings. The maximum absolute atomic E-state index is 11.9. The average Bonchev–Trinajstić information content (AvgIpc) is 2.37. The second-order valence-corrected chi connectivity index (χ2v) is 4.13. The standard InChI is InChI=1S/C12H22N2O5/c1-4-6-9(11(16)17)13-12(18)14(7-5-2)8-10(15)19-3/h9H,4-8H2,1-3H3,(H,13,18)(H,16,17). The summed E-state index contributed by atoms with van der Waals surface area (Å²) >= 11 is 0. The lowest BCUT2D eigenvalue weighted by atomic mass is 10.2. The molecule has 1 unspecified atom stereocenters. The fourth-order valence-electron chi connectivity index (χ4n) is 1.53. The predicted molar refractivity (Wildman–Crippen MR) is 68.7 cm³/mol. The van der Waals surface area contributed by atoms with E-state index in [2.05, 4.69) is 10.1 Å². The molecule has 0 rings (SSSR count). The molecule has 0 aliphatic heterocycles. The highest BCUT2D eigenvalue weighted by atomic mass is 16.5. The van der Waals surface area contributed by atoms with Crippen molar-refractivity contribution in [2.45, 2.75) is 39.2 Å². The van der Waals surface area contributed by atoms with Gasteiger partial charge < -0.3 is 20.1 Å². The van der Waals surface area contributed by atoms with Gasteiger partial charge in [0.05, 0.1) is 7.11 Å². The molecule has 0 saturated carbocycles. The molecule has 0 aromatic heterocycles. The van der Waals surface area contributed by atoms with Crippen LogP contribution < -0.4 is 5.32 Å². The number of carboxylic acid groups (broad SMARTS) is 1. The average molecular weight is 274 g/mol. The van der Waals surface area contributed by atoms with Crippen molar-refractivity contribution >= 4 is 18.0 Å². The number of carboxylic acids is 1. The monoisotopic (exact) mass is 274 g/mol. The third-order valence-electron chi connectivity index (χ3n) is 2.50. The summed E-state index contributed by atoms with van der Waals surface area (Å²) < 4.78 is 4.50. The molecular formula is C12H22N2O5. The number of ether oxygens (including phenoxy) is 1. The van der Waals surface area contributed by atoms with Gasteiger partial charge in [-0.25, -0.2) is 9.59 Å². The maximum atomic E-state index is 11.9. The molecule has 1 atom stereocenters. The Morgan fingerprint density at radius 1 is 1.26 bits per heavy atom. The molecule has 0 bridgehead atoms. The van der Waals surface area contributed by atoms with Crippen LogP contribution in [0.4, 0.5) is 4.79 Å². The summed E-state index contributed by atoms with van der Waals surface area (Å²) in [5, 5.41) is 11.4. The summed E-state index contributed by atoms with van der Waals surface area (Å²) in [7, 11) is 1.24. The Balaban J connectivity index is 4.60. The van der Waals surface area contributed by atoms with Crippen molar-refractivity contribution in [1.82, 2.24) is 10.2 Å². The molecule has 19 heavy (non-hydrogen) atoms. The van der Waals surface area contributed by atoms with Gasteiger partial charge in [-0.2, -0.15) is 0 Å². The number of esters is 1. The molecular weight excluding hydrogens is 252 g/mol. The molecule has 0 aromatic carbocycles. The third kappa shape index (κ3) is 6.64. The zero-order chi connectivity index (χ0) is 14.8. The molecule has 0 radical (unpaired) electrons. The van der Waals surface area contributed by atoms with Crippen molar-refractivity contribution in [1.29, 1.82) is 0 Å². The molecule has 2 N–H and O–H groups in total. The topological polar surface area (TPSA) is 95.9 Å². The fraction of sp³-hybridized carbons (Fsp3) is 0.750. The lowest BCUT2D eigenvalue weighted by Gasteiger charge is -2.23. The number of rotatable bonds is 8. The van der Waals surface area contributed by atoms with Gasteiger partial charge >= 0.3 is 18.0 Å². The van der Waals surface area contributed by atoms with Crippen molar-refractivity contribution < 1.29 is 24.2 Å². The highest BCUT2D eigenvalue weighted by molar-refractivity contribution is 5.85. The zero-order valence-corrected chi connectivity index (χ0v) is 11.6. The van der Waals surface area contributed by atoms with Crippen LogP contribution in [0.3, 0.4) is 0 Å². The normalized spacial score (nSPS) is 11.5. The van der Waals surface area contributed by atoms with Crippen LogP contribution >= 0.6 is 0 Å². The van der Waals surface area contributed by atoms with Gasteiger partial charge in [-0.15, -0.1) is 0 Å². The number of methoxy groups -OCH3 is 1. The van der Waals surface area contributed by atoms with Crippen molar-refractivity contribution in [3.05, 3.63) is 0 Å². The van der Waals surface area contributed by atoms with Gasteiger partial charge in [-0.1, -0.05) is 20.3 Å².